The summed E-state index contributed by atoms with van der Waals surface area (Å²) >= 11 is 0. The van der Waals surface area contributed by atoms with Crippen LogP contribution in [0.2, 0.25) is 0 Å². The van der Waals surface area contributed by atoms with Crippen molar-refractivity contribution in [1.82, 2.24) is 19.9 Å². The first-order chi connectivity index (χ1) is 9.63. The Morgan fingerprint density at radius 1 is 1.15 bits per heavy atom. The molecule has 0 saturated heterocycles. The van der Waals surface area contributed by atoms with Crippen LogP contribution < -0.4 is 11.0 Å². The average molecular weight is 269 g/mol. The number of anilines is 1. The van der Waals surface area contributed by atoms with E-state index in [2.05, 4.69) is 25.3 Å². The van der Waals surface area contributed by atoms with Gasteiger partial charge in [-0.05, 0) is 31.5 Å². The summed E-state index contributed by atoms with van der Waals surface area (Å²) in [6.45, 7) is 4.59. The number of aromatic amines is 2. The number of hydrogen-bond donors (Lipinski definition) is 3. The van der Waals surface area contributed by atoms with Crippen molar-refractivity contribution < 1.29 is 0 Å². The minimum Gasteiger partial charge on any atom is -0.366 e. The molecule has 3 aromatic rings. The number of fused-ring (bicyclic) bond motifs is 1. The lowest BCUT2D eigenvalue weighted by atomic mass is 10.2. The molecule has 20 heavy (non-hydrogen) atoms. The van der Waals surface area contributed by atoms with Crippen molar-refractivity contribution in [2.24, 2.45) is 0 Å². The smallest absolute Gasteiger partial charge is 0.323 e. The van der Waals surface area contributed by atoms with Gasteiger partial charge in [0.2, 0.25) is 0 Å². The summed E-state index contributed by atoms with van der Waals surface area (Å²) in [6.07, 6.45) is 1.55. The third-order valence-corrected chi connectivity index (χ3v) is 3.38. The van der Waals surface area contributed by atoms with Crippen LogP contribution in [-0.4, -0.2) is 19.9 Å². The van der Waals surface area contributed by atoms with Gasteiger partial charge in [-0.2, -0.15) is 0 Å². The maximum atomic E-state index is 11.2. The van der Waals surface area contributed by atoms with Crippen molar-refractivity contribution in [2.75, 3.05) is 5.32 Å². The molecule has 0 radical (unpaired) electrons. The highest BCUT2D eigenvalue weighted by atomic mass is 16.1. The molecule has 0 atom stereocenters. The van der Waals surface area contributed by atoms with Crippen LogP contribution in [0, 0.1) is 13.8 Å². The zero-order chi connectivity index (χ0) is 14.1. The fourth-order valence-corrected chi connectivity index (χ4v) is 2.09. The Hall–Kier alpha value is -2.63. The Kier molecular flexibility index (Phi) is 2.98. The minimum absolute atomic E-state index is 0.188. The van der Waals surface area contributed by atoms with E-state index >= 15 is 0 Å². The number of benzene rings is 1. The standard InChI is InChI=1S/C14H15N5O/c1-8-9(2)16-7-17-13(8)15-6-10-3-4-11-12(5-10)19-14(20)18-11/h3-5,7H,6H2,1-2H3,(H,15,16,17)(H2,18,19,20). The fourth-order valence-electron chi connectivity index (χ4n) is 2.09. The Labute approximate surface area is 115 Å². The normalized spacial score (nSPS) is 10.9. The molecule has 6 heteroatoms. The van der Waals surface area contributed by atoms with Gasteiger partial charge >= 0.3 is 5.69 Å². The first kappa shape index (κ1) is 12.4. The van der Waals surface area contributed by atoms with Gasteiger partial charge in [-0.3, -0.25) is 0 Å². The van der Waals surface area contributed by atoms with Crippen LogP contribution >= 0.6 is 0 Å². The van der Waals surface area contributed by atoms with Crippen LogP contribution in [0.5, 0.6) is 0 Å². The van der Waals surface area contributed by atoms with Gasteiger partial charge in [0, 0.05) is 17.8 Å². The molecule has 0 fully saturated rings. The summed E-state index contributed by atoms with van der Waals surface area (Å²) in [4.78, 5) is 25.1. The maximum Gasteiger partial charge on any atom is 0.323 e. The van der Waals surface area contributed by atoms with E-state index in [0.29, 0.717) is 6.54 Å². The molecular weight excluding hydrogens is 254 g/mol. The summed E-state index contributed by atoms with van der Waals surface area (Å²) in [7, 11) is 0. The first-order valence-electron chi connectivity index (χ1n) is 6.36. The number of nitrogens with one attached hydrogen (secondary N) is 3. The van der Waals surface area contributed by atoms with Crippen molar-refractivity contribution in [2.45, 2.75) is 20.4 Å². The van der Waals surface area contributed by atoms with Crippen molar-refractivity contribution >= 4 is 16.9 Å². The second kappa shape index (κ2) is 4.80. The highest BCUT2D eigenvalue weighted by molar-refractivity contribution is 5.75. The topological polar surface area (TPSA) is 86.5 Å². The third kappa shape index (κ3) is 2.27. The Morgan fingerprint density at radius 3 is 2.80 bits per heavy atom. The Morgan fingerprint density at radius 2 is 1.95 bits per heavy atom. The molecule has 0 aliphatic rings. The lowest BCUT2D eigenvalue weighted by molar-refractivity contribution is 1.03. The van der Waals surface area contributed by atoms with E-state index in [1.165, 1.54) is 0 Å². The quantitative estimate of drug-likeness (QED) is 0.677. The summed E-state index contributed by atoms with van der Waals surface area (Å²) in [5, 5.41) is 3.29. The van der Waals surface area contributed by atoms with Crippen molar-refractivity contribution in [3.8, 4) is 0 Å². The summed E-state index contributed by atoms with van der Waals surface area (Å²) in [6, 6.07) is 5.81. The molecule has 0 bridgehead atoms. The van der Waals surface area contributed by atoms with E-state index < -0.39 is 0 Å². The van der Waals surface area contributed by atoms with Crippen molar-refractivity contribution in [3.05, 3.63) is 51.8 Å². The van der Waals surface area contributed by atoms with Gasteiger partial charge in [0.15, 0.2) is 0 Å². The first-order valence-corrected chi connectivity index (χ1v) is 6.36. The van der Waals surface area contributed by atoms with Crippen LogP contribution in [-0.2, 0) is 6.54 Å². The van der Waals surface area contributed by atoms with E-state index in [0.717, 1.165) is 33.7 Å². The number of nitrogens with zero attached hydrogens (tertiary/aromatic N) is 2. The molecule has 3 rings (SSSR count). The van der Waals surface area contributed by atoms with Crippen LogP contribution in [0.4, 0.5) is 5.82 Å². The average Bonchev–Trinajstić information content (AvgIpc) is 2.79. The summed E-state index contributed by atoms with van der Waals surface area (Å²) in [5.74, 6) is 0.833. The lowest BCUT2D eigenvalue weighted by Crippen LogP contribution is -2.05. The molecule has 0 unspecified atom stereocenters. The van der Waals surface area contributed by atoms with Gasteiger partial charge in [0.25, 0.3) is 0 Å². The van der Waals surface area contributed by atoms with E-state index in [4.69, 9.17) is 0 Å². The van der Waals surface area contributed by atoms with E-state index in [9.17, 15) is 4.79 Å². The number of hydrogen-bond acceptors (Lipinski definition) is 4. The maximum absolute atomic E-state index is 11.2. The van der Waals surface area contributed by atoms with Gasteiger partial charge in [0.1, 0.15) is 12.1 Å². The van der Waals surface area contributed by atoms with Gasteiger partial charge in [0.05, 0.1) is 11.0 Å². The number of H-pyrrole nitrogens is 2. The molecule has 2 aromatic heterocycles. The summed E-state index contributed by atoms with van der Waals surface area (Å²) < 4.78 is 0. The second-order valence-electron chi connectivity index (χ2n) is 4.75. The van der Waals surface area contributed by atoms with Crippen molar-refractivity contribution in [3.63, 3.8) is 0 Å². The Bertz CT molecular complexity index is 818. The Balaban J connectivity index is 1.82. The molecule has 2 heterocycles. The molecule has 0 aliphatic carbocycles. The summed E-state index contributed by atoms with van der Waals surface area (Å²) in [5.41, 5.74) is 4.52. The van der Waals surface area contributed by atoms with Gasteiger partial charge in [-0.15, -0.1) is 0 Å². The van der Waals surface area contributed by atoms with Crippen molar-refractivity contribution in [1.29, 1.82) is 0 Å². The monoisotopic (exact) mass is 269 g/mol. The predicted molar refractivity (Wildman–Crippen MR) is 77.8 cm³/mol. The number of aryl methyl sites for hydroxylation is 1. The molecule has 1 aromatic carbocycles. The molecule has 0 spiro atoms. The van der Waals surface area contributed by atoms with Gasteiger partial charge in [-0.1, -0.05) is 6.07 Å². The number of rotatable bonds is 3. The molecular formula is C14H15N5O. The number of imidazole rings is 1. The van der Waals surface area contributed by atoms with Gasteiger partial charge in [-0.25, -0.2) is 14.8 Å². The molecule has 102 valence electrons. The zero-order valence-corrected chi connectivity index (χ0v) is 11.3. The SMILES string of the molecule is Cc1ncnc(NCc2ccc3[nH]c(=O)[nH]c3c2)c1C. The van der Waals surface area contributed by atoms with Crippen LogP contribution in [0.3, 0.4) is 0 Å². The van der Waals surface area contributed by atoms with E-state index in [-0.39, 0.29) is 5.69 Å². The molecule has 0 saturated carbocycles. The fraction of sp³-hybridized carbons (Fsp3) is 0.214. The van der Waals surface area contributed by atoms with Crippen LogP contribution in [0.25, 0.3) is 11.0 Å². The second-order valence-corrected chi connectivity index (χ2v) is 4.75. The van der Waals surface area contributed by atoms with E-state index in [1.807, 2.05) is 32.0 Å². The largest absolute Gasteiger partial charge is 0.366 e. The zero-order valence-electron chi connectivity index (χ0n) is 11.3. The number of aromatic nitrogens is 4. The highest BCUT2D eigenvalue weighted by Gasteiger charge is 2.04. The van der Waals surface area contributed by atoms with Crippen LogP contribution in [0.15, 0.2) is 29.3 Å². The molecule has 0 aliphatic heterocycles. The molecule has 3 N–H and O–H groups in total. The minimum atomic E-state index is -0.188. The third-order valence-electron chi connectivity index (χ3n) is 3.38. The van der Waals surface area contributed by atoms with Gasteiger partial charge < -0.3 is 15.3 Å². The lowest BCUT2D eigenvalue weighted by Gasteiger charge is -2.09. The molecule has 6 nitrogen and oxygen atoms in total. The highest BCUT2D eigenvalue weighted by Crippen LogP contribution is 2.15. The van der Waals surface area contributed by atoms with Crippen LogP contribution in [0.1, 0.15) is 16.8 Å². The van der Waals surface area contributed by atoms with E-state index in [1.54, 1.807) is 6.33 Å². The predicted octanol–water partition coefficient (Wildman–Crippen LogP) is 1.88. The molecule has 0 amide bonds.